The summed E-state index contributed by atoms with van der Waals surface area (Å²) in [4.78, 5) is 16.8. The average molecular weight is 483 g/mol. The zero-order valence-electron chi connectivity index (χ0n) is 15.9. The number of halogens is 2. The molecule has 1 fully saturated rings. The molecule has 0 aliphatic carbocycles. The third-order valence-corrected chi connectivity index (χ3v) is 7.97. The highest BCUT2D eigenvalue weighted by Crippen LogP contribution is 2.31. The molecule has 1 aliphatic heterocycles. The van der Waals surface area contributed by atoms with Gasteiger partial charge in [-0.15, -0.1) is 11.3 Å². The number of aromatic nitrogens is 1. The number of nitrogens with zero attached hydrogens (tertiary/aromatic N) is 4. The molecule has 0 spiro atoms. The number of nitro benzene ring substituents is 1. The number of benzene rings is 2. The topological polar surface area (TPSA) is 96.6 Å². The van der Waals surface area contributed by atoms with Crippen molar-refractivity contribution in [1.82, 2.24) is 9.29 Å². The first-order valence-corrected chi connectivity index (χ1v) is 11.9. The number of hydrogen-bond acceptors (Lipinski definition) is 7. The Morgan fingerprint density at radius 2 is 1.87 bits per heavy atom. The van der Waals surface area contributed by atoms with Gasteiger partial charge in [0.05, 0.1) is 20.5 Å². The smallest absolute Gasteiger partial charge is 0.270 e. The van der Waals surface area contributed by atoms with E-state index < -0.39 is 20.8 Å². The van der Waals surface area contributed by atoms with E-state index in [9.17, 15) is 22.9 Å². The Hall–Kier alpha value is -2.60. The van der Waals surface area contributed by atoms with Crippen LogP contribution in [0.5, 0.6) is 0 Å². The number of thiazole rings is 1. The zero-order valence-corrected chi connectivity index (χ0v) is 18.3. The fourth-order valence-electron chi connectivity index (χ4n) is 3.22. The first kappa shape index (κ1) is 21.6. The predicted octanol–water partition coefficient (Wildman–Crippen LogP) is 4.02. The molecule has 12 heteroatoms. The lowest BCUT2D eigenvalue weighted by Crippen LogP contribution is -2.48. The Kier molecular flexibility index (Phi) is 5.93. The maximum Gasteiger partial charge on any atom is 0.270 e. The largest absolute Gasteiger partial charge is 0.345 e. The summed E-state index contributed by atoms with van der Waals surface area (Å²) >= 11 is 7.25. The van der Waals surface area contributed by atoms with Crippen molar-refractivity contribution >= 4 is 43.8 Å². The van der Waals surface area contributed by atoms with Gasteiger partial charge in [0.1, 0.15) is 5.82 Å². The lowest BCUT2D eigenvalue weighted by molar-refractivity contribution is -0.385. The fourth-order valence-corrected chi connectivity index (χ4v) is 5.76. The number of hydrogen-bond donors (Lipinski definition) is 0. The van der Waals surface area contributed by atoms with Crippen LogP contribution in [0.2, 0.25) is 5.02 Å². The van der Waals surface area contributed by atoms with Crippen LogP contribution in [0.4, 0.5) is 15.2 Å². The van der Waals surface area contributed by atoms with Crippen molar-refractivity contribution in [2.75, 3.05) is 31.1 Å². The minimum absolute atomic E-state index is 0.0204. The number of piperazine rings is 1. The lowest BCUT2D eigenvalue weighted by atomic mass is 10.2. The maximum atomic E-state index is 13.4. The van der Waals surface area contributed by atoms with Gasteiger partial charge in [-0.25, -0.2) is 17.8 Å². The Bertz CT molecular complexity index is 1240. The Morgan fingerprint density at radius 1 is 1.13 bits per heavy atom. The predicted molar refractivity (Wildman–Crippen MR) is 117 cm³/mol. The van der Waals surface area contributed by atoms with Crippen molar-refractivity contribution in [3.05, 3.63) is 68.8 Å². The van der Waals surface area contributed by atoms with Crippen molar-refractivity contribution in [3.63, 3.8) is 0 Å². The van der Waals surface area contributed by atoms with Crippen LogP contribution in [0.25, 0.3) is 11.3 Å². The van der Waals surface area contributed by atoms with Crippen LogP contribution >= 0.6 is 22.9 Å². The molecule has 0 atom stereocenters. The van der Waals surface area contributed by atoms with Crippen LogP contribution in [0.15, 0.2) is 52.7 Å². The normalized spacial score (nSPS) is 15.2. The van der Waals surface area contributed by atoms with Gasteiger partial charge in [-0.05, 0) is 24.3 Å². The summed E-state index contributed by atoms with van der Waals surface area (Å²) in [6.45, 7) is 1.29. The third-order valence-electron chi connectivity index (χ3n) is 4.88. The van der Waals surface area contributed by atoms with Gasteiger partial charge in [-0.2, -0.15) is 4.31 Å². The van der Waals surface area contributed by atoms with Gasteiger partial charge in [0.2, 0.25) is 10.0 Å². The van der Waals surface area contributed by atoms with E-state index in [0.717, 1.165) is 11.2 Å². The molecule has 0 amide bonds. The van der Waals surface area contributed by atoms with E-state index in [-0.39, 0.29) is 28.7 Å². The van der Waals surface area contributed by atoms with E-state index in [1.54, 1.807) is 6.07 Å². The fraction of sp³-hybridized carbons (Fsp3) is 0.211. The molecule has 1 aromatic heterocycles. The Labute approximate surface area is 186 Å². The average Bonchev–Trinajstić information content (AvgIpc) is 3.26. The highest BCUT2D eigenvalue weighted by molar-refractivity contribution is 7.89. The van der Waals surface area contributed by atoms with E-state index in [2.05, 4.69) is 4.98 Å². The molecular weight excluding hydrogens is 467 g/mol. The SMILES string of the molecule is O=[N+]([O-])c1cccc(S(=O)(=O)N2CCN(c3nc(-c4ccc(F)c(Cl)c4)cs3)CC2)c1. The zero-order chi connectivity index (χ0) is 22.2. The highest BCUT2D eigenvalue weighted by Gasteiger charge is 2.30. The summed E-state index contributed by atoms with van der Waals surface area (Å²) in [6, 6.07) is 9.45. The molecular formula is C19H16ClFN4O4S2. The van der Waals surface area contributed by atoms with E-state index in [0.29, 0.717) is 24.3 Å². The summed E-state index contributed by atoms with van der Waals surface area (Å²) in [5.41, 5.74) is 1.09. The summed E-state index contributed by atoms with van der Waals surface area (Å²) in [5.74, 6) is -0.498. The van der Waals surface area contributed by atoms with Crippen LogP contribution in [-0.4, -0.2) is 48.8 Å². The summed E-state index contributed by atoms with van der Waals surface area (Å²) < 4.78 is 40.5. The van der Waals surface area contributed by atoms with E-state index in [1.807, 2.05) is 10.3 Å². The van der Waals surface area contributed by atoms with E-state index in [4.69, 9.17) is 11.6 Å². The van der Waals surface area contributed by atoms with Gasteiger partial charge in [0, 0.05) is 49.3 Å². The van der Waals surface area contributed by atoms with Crippen molar-refractivity contribution in [2.24, 2.45) is 0 Å². The standard InChI is InChI=1S/C19H16ClFN4O4S2/c20-16-10-13(4-5-17(16)21)18-12-30-19(22-18)23-6-8-24(9-7-23)31(28,29)15-3-1-2-14(11-15)25(26)27/h1-5,10-12H,6-9H2. The summed E-state index contributed by atoms with van der Waals surface area (Å²) in [5, 5.41) is 13.5. The Balaban J connectivity index is 1.46. The monoisotopic (exact) mass is 482 g/mol. The molecule has 162 valence electrons. The highest BCUT2D eigenvalue weighted by atomic mass is 35.5. The minimum atomic E-state index is -3.84. The molecule has 8 nitrogen and oxygen atoms in total. The molecule has 2 aromatic carbocycles. The maximum absolute atomic E-state index is 13.4. The van der Waals surface area contributed by atoms with Gasteiger partial charge in [-0.1, -0.05) is 17.7 Å². The minimum Gasteiger partial charge on any atom is -0.345 e. The second-order valence-corrected chi connectivity index (χ2v) is 9.97. The molecule has 4 rings (SSSR count). The van der Waals surface area contributed by atoms with Crippen molar-refractivity contribution < 1.29 is 17.7 Å². The quantitative estimate of drug-likeness (QED) is 0.402. The molecule has 1 aliphatic rings. The lowest BCUT2D eigenvalue weighted by Gasteiger charge is -2.33. The van der Waals surface area contributed by atoms with Crippen LogP contribution in [0.1, 0.15) is 0 Å². The number of non-ortho nitro benzene ring substituents is 1. The number of nitro groups is 1. The van der Waals surface area contributed by atoms with Gasteiger partial charge < -0.3 is 4.90 Å². The van der Waals surface area contributed by atoms with Crippen molar-refractivity contribution in [2.45, 2.75) is 4.90 Å². The number of anilines is 1. The summed E-state index contributed by atoms with van der Waals surface area (Å²) in [7, 11) is -3.84. The van der Waals surface area contributed by atoms with E-state index in [1.165, 1.54) is 46.0 Å². The van der Waals surface area contributed by atoms with Crippen molar-refractivity contribution in [1.29, 1.82) is 0 Å². The van der Waals surface area contributed by atoms with Crippen LogP contribution in [0.3, 0.4) is 0 Å². The molecule has 31 heavy (non-hydrogen) atoms. The van der Waals surface area contributed by atoms with Gasteiger partial charge in [0.15, 0.2) is 5.13 Å². The second kappa shape index (κ2) is 8.50. The van der Waals surface area contributed by atoms with Crippen LogP contribution < -0.4 is 4.90 Å². The van der Waals surface area contributed by atoms with Crippen LogP contribution in [-0.2, 0) is 10.0 Å². The van der Waals surface area contributed by atoms with Crippen LogP contribution in [0, 0.1) is 15.9 Å². The number of rotatable bonds is 5. The molecule has 0 saturated carbocycles. The molecule has 0 radical (unpaired) electrons. The second-order valence-electron chi connectivity index (χ2n) is 6.79. The third kappa shape index (κ3) is 4.40. The molecule has 0 N–H and O–H groups in total. The number of sulfonamides is 1. The van der Waals surface area contributed by atoms with Gasteiger partial charge in [0.25, 0.3) is 5.69 Å². The molecule has 3 aromatic rings. The van der Waals surface area contributed by atoms with Gasteiger partial charge >= 0.3 is 0 Å². The summed E-state index contributed by atoms with van der Waals surface area (Å²) in [6.07, 6.45) is 0. The van der Waals surface area contributed by atoms with Gasteiger partial charge in [-0.3, -0.25) is 10.1 Å². The Morgan fingerprint density at radius 3 is 2.55 bits per heavy atom. The molecule has 2 heterocycles. The van der Waals surface area contributed by atoms with Crippen molar-refractivity contribution in [3.8, 4) is 11.3 Å². The molecule has 0 unspecified atom stereocenters. The first-order valence-electron chi connectivity index (χ1n) is 9.16. The molecule has 0 bridgehead atoms. The van der Waals surface area contributed by atoms with E-state index >= 15 is 0 Å². The first-order chi connectivity index (χ1) is 14.8. The molecule has 1 saturated heterocycles.